The second-order valence-corrected chi connectivity index (χ2v) is 24.8. The third-order valence-electron chi connectivity index (χ3n) is 7.74. The number of aliphatic hydroxyl groups is 2. The molecule has 0 fully saturated rings. The molecule has 0 aromatic carbocycles. The van der Waals surface area contributed by atoms with Crippen molar-refractivity contribution in [1.29, 1.82) is 0 Å². The van der Waals surface area contributed by atoms with Gasteiger partial charge in [-0.25, -0.2) is 19.2 Å². The molecule has 0 saturated carbocycles. The Balaban J connectivity index is -0.000000132. The summed E-state index contributed by atoms with van der Waals surface area (Å²) in [5, 5.41) is 16.1. The first-order valence-electron chi connectivity index (χ1n) is 20.4. The molecule has 69 heavy (non-hydrogen) atoms. The molecule has 0 spiro atoms. The van der Waals surface area contributed by atoms with Crippen LogP contribution in [0, 0.1) is 0 Å². The highest BCUT2D eigenvalue weighted by Crippen LogP contribution is 2.15. The average Bonchev–Trinajstić information content (AvgIpc) is 3.29. The van der Waals surface area contributed by atoms with Crippen molar-refractivity contribution in [3.63, 3.8) is 0 Å². The standard InChI is InChI=1S/C9H10O4.3C7H18O3Si.2C6H8O3.C3H3ClO/c1-5-8(10)12-7(4)13-9(11)6(2)3;3*1-8-6-5-7-11(4,9-2)10-3;2*1-4(2)6(8)9-5(3)7;1-2-3(4)5/h5H,1-2,4H2,3H3;3*5-7H2,1-4H3;2*7H,1,3H2,2H3;2H,1H2. The molecule has 402 valence electrons. The van der Waals surface area contributed by atoms with Crippen molar-refractivity contribution in [3.8, 4) is 0 Å². The first kappa shape index (κ1) is 78.8. The fourth-order valence-electron chi connectivity index (χ4n) is 3.23. The van der Waals surface area contributed by atoms with Crippen molar-refractivity contribution in [1.82, 2.24) is 0 Å². The largest absolute Gasteiger partial charge is 0.481 e. The van der Waals surface area contributed by atoms with Crippen molar-refractivity contribution in [2.75, 3.05) is 83.8 Å². The van der Waals surface area contributed by atoms with Gasteiger partial charge in [-0.05, 0) is 115 Å². The van der Waals surface area contributed by atoms with E-state index in [1.807, 2.05) is 0 Å². The first-order valence-corrected chi connectivity index (χ1v) is 28.3. The van der Waals surface area contributed by atoms with Crippen LogP contribution in [0.3, 0.4) is 0 Å². The molecule has 24 heteroatoms. The van der Waals surface area contributed by atoms with Crippen LogP contribution in [0.4, 0.5) is 0 Å². The number of hydrogen-bond acceptors (Lipinski definition) is 20. The summed E-state index contributed by atoms with van der Waals surface area (Å²) in [4.78, 5) is 51.7. The van der Waals surface area contributed by atoms with Crippen LogP contribution in [0.25, 0.3) is 0 Å². The molecule has 0 aliphatic carbocycles. The zero-order valence-corrected chi connectivity index (χ0v) is 47.6. The van der Waals surface area contributed by atoms with Gasteiger partial charge in [0.15, 0.2) is 0 Å². The zero-order chi connectivity index (χ0) is 55.8. The molecular formula is C45H83ClO20Si3. The summed E-state index contributed by atoms with van der Waals surface area (Å²) in [7, 11) is 9.94. The number of esters is 4. The number of aliphatic hydroxyl groups excluding tert-OH is 2. The maximum Gasteiger partial charge on any atom is 0.340 e. The van der Waals surface area contributed by atoms with Crippen LogP contribution in [-0.4, -0.2) is 149 Å². The predicted octanol–water partition coefficient (Wildman–Crippen LogP) is 8.68. The Bertz CT molecular complexity index is 1450. The van der Waals surface area contributed by atoms with Gasteiger partial charge in [-0.2, -0.15) is 0 Å². The lowest BCUT2D eigenvalue weighted by atomic mass is 10.4. The Labute approximate surface area is 419 Å². The van der Waals surface area contributed by atoms with E-state index < -0.39 is 72.6 Å². The van der Waals surface area contributed by atoms with Gasteiger partial charge in [0.1, 0.15) is 0 Å². The highest BCUT2D eigenvalue weighted by Gasteiger charge is 2.29. The summed E-state index contributed by atoms with van der Waals surface area (Å²) >= 11 is 4.71. The summed E-state index contributed by atoms with van der Waals surface area (Å²) in [5.74, 6) is -4.37. The van der Waals surface area contributed by atoms with E-state index in [1.165, 1.54) is 20.8 Å². The molecule has 20 nitrogen and oxygen atoms in total. The van der Waals surface area contributed by atoms with Crippen molar-refractivity contribution in [2.45, 2.75) is 77.8 Å². The van der Waals surface area contributed by atoms with E-state index in [2.05, 4.69) is 91.2 Å². The topological polar surface area (TPSA) is 246 Å². The number of hydrogen-bond donors (Lipinski definition) is 2. The van der Waals surface area contributed by atoms with Gasteiger partial charge in [0, 0.05) is 107 Å². The van der Waals surface area contributed by atoms with Crippen LogP contribution in [0.2, 0.25) is 37.8 Å². The molecule has 0 aliphatic rings. The monoisotopic (exact) mass is 1060 g/mol. The van der Waals surface area contributed by atoms with E-state index >= 15 is 0 Å². The molecule has 0 radical (unpaired) electrons. The van der Waals surface area contributed by atoms with Gasteiger partial charge in [0.25, 0.3) is 17.8 Å². The molecule has 0 atom stereocenters. The normalized spacial score (nSPS) is 9.91. The number of carbonyl (C=O) groups is 5. The van der Waals surface area contributed by atoms with Gasteiger partial charge in [0.2, 0.25) is 5.24 Å². The summed E-state index contributed by atoms with van der Waals surface area (Å²) in [6.07, 6.45) is 5.02. The Kier molecular flexibility index (Phi) is 57.2. The van der Waals surface area contributed by atoms with Crippen LogP contribution in [0.1, 0.15) is 40.0 Å². The van der Waals surface area contributed by atoms with Gasteiger partial charge in [-0.1, -0.05) is 32.9 Å². The maximum absolute atomic E-state index is 10.8. The van der Waals surface area contributed by atoms with Crippen molar-refractivity contribution in [3.05, 3.63) is 99.3 Å². The van der Waals surface area contributed by atoms with Gasteiger partial charge in [0.05, 0.1) is 0 Å². The lowest BCUT2D eigenvalue weighted by molar-refractivity contribution is -0.148. The SMILES string of the molecule is C=C(O)OC(=O)C(=C)C.C=C(O)OC(=O)C(=C)C.C=CC(=O)Cl.C=CC(=O)OC(=C)OC(=O)C(=C)C.COCCC[Si](C)(OC)OC.COCCC[Si](C)(OC)OC.COCCC[Si](C)(OC)OC. The number of ether oxygens (including phenoxy) is 7. The number of allylic oxidation sites excluding steroid dienone is 1. The van der Waals surface area contributed by atoms with Gasteiger partial charge in [-0.15, -0.1) is 0 Å². The fourth-order valence-corrected chi connectivity index (χ4v) is 7.31. The molecule has 0 rings (SSSR count). The molecule has 0 heterocycles. The summed E-state index contributed by atoms with van der Waals surface area (Å²) < 4.78 is 63.7. The average molecular weight is 1060 g/mol. The third-order valence-corrected chi connectivity index (χ3v) is 16.9. The quantitative estimate of drug-likeness (QED) is 0.0149. The van der Waals surface area contributed by atoms with Crippen molar-refractivity contribution >= 4 is 66.4 Å². The smallest absolute Gasteiger partial charge is 0.340 e. The molecule has 0 aliphatic heterocycles. The highest BCUT2D eigenvalue weighted by molar-refractivity contribution is 6.67. The second-order valence-electron chi connectivity index (χ2n) is 13.7. The highest BCUT2D eigenvalue weighted by atomic mass is 35.5. The lowest BCUT2D eigenvalue weighted by Gasteiger charge is -2.22. The number of carbonyl (C=O) groups excluding carboxylic acids is 5. The van der Waals surface area contributed by atoms with E-state index in [-0.39, 0.29) is 16.7 Å². The van der Waals surface area contributed by atoms with Crippen LogP contribution in [0.15, 0.2) is 99.3 Å². The van der Waals surface area contributed by atoms with Gasteiger partial charge in [-0.3, -0.25) is 4.79 Å². The zero-order valence-electron chi connectivity index (χ0n) is 43.8. The Hall–Kier alpha value is -4.35. The van der Waals surface area contributed by atoms with Gasteiger partial charge < -0.3 is 69.9 Å². The summed E-state index contributed by atoms with van der Waals surface area (Å²) in [5.41, 5.74) is 0.645. The minimum atomic E-state index is -1.81. The molecule has 0 aromatic rings. The molecular weight excluding hydrogens is 980 g/mol. The van der Waals surface area contributed by atoms with Crippen molar-refractivity contribution in [2.24, 2.45) is 0 Å². The van der Waals surface area contributed by atoms with Gasteiger partial charge >= 0.3 is 49.6 Å². The number of rotatable bonds is 27. The van der Waals surface area contributed by atoms with Crippen LogP contribution < -0.4 is 0 Å². The Morgan fingerprint density at radius 2 is 0.696 bits per heavy atom. The van der Waals surface area contributed by atoms with E-state index in [9.17, 15) is 24.0 Å². The Morgan fingerprint density at radius 1 is 0.464 bits per heavy atom. The van der Waals surface area contributed by atoms with Crippen LogP contribution in [0.5, 0.6) is 0 Å². The summed E-state index contributed by atoms with van der Waals surface area (Å²) in [6, 6.07) is 2.98. The molecule has 0 saturated heterocycles. The van der Waals surface area contributed by atoms with Crippen molar-refractivity contribution < 1.29 is 93.9 Å². The Morgan fingerprint density at radius 3 is 0.841 bits per heavy atom. The second kappa shape index (κ2) is 50.1. The van der Waals surface area contributed by atoms with Crippen LogP contribution in [-0.2, 0) is 83.7 Å². The molecule has 0 amide bonds. The molecule has 0 bridgehead atoms. The van der Waals surface area contributed by atoms with E-state index in [4.69, 9.17) is 62.6 Å². The minimum absolute atomic E-state index is 0.191. The maximum atomic E-state index is 10.8. The van der Waals surface area contributed by atoms with E-state index in [0.29, 0.717) is 0 Å². The number of methoxy groups -OCH3 is 3. The minimum Gasteiger partial charge on any atom is -0.481 e. The summed E-state index contributed by atoms with van der Waals surface area (Å²) in [6.45, 7) is 38.2. The predicted molar refractivity (Wildman–Crippen MR) is 274 cm³/mol. The number of halogens is 1. The fraction of sp³-hybridized carbons (Fsp3) is 0.533. The lowest BCUT2D eigenvalue weighted by Crippen LogP contribution is -2.36. The van der Waals surface area contributed by atoms with Crippen LogP contribution >= 0.6 is 11.6 Å². The molecule has 2 N–H and O–H groups in total. The van der Waals surface area contributed by atoms with E-state index in [0.717, 1.165) is 69.4 Å². The van der Waals surface area contributed by atoms with E-state index in [1.54, 1.807) is 64.0 Å². The first-order chi connectivity index (χ1) is 31.9. The molecule has 0 aromatic heterocycles. The molecule has 0 unspecified atom stereocenters. The third kappa shape index (κ3) is 59.7.